The minimum Gasteiger partial charge on any atom is -0.255 e. The second-order valence-corrected chi connectivity index (χ2v) is 4.38. The van der Waals surface area contributed by atoms with Crippen LogP contribution in [0.25, 0.3) is 11.1 Å². The molecule has 2 heteroatoms. The van der Waals surface area contributed by atoms with Crippen molar-refractivity contribution in [2.75, 3.05) is 0 Å². The van der Waals surface area contributed by atoms with Crippen molar-refractivity contribution in [3.63, 3.8) is 0 Å². The first kappa shape index (κ1) is 12.7. The molecule has 1 nitrogen and oxygen atoms in total. The molecule has 0 aliphatic rings. The predicted octanol–water partition coefficient (Wildman–Crippen LogP) is 4.32. The lowest BCUT2D eigenvalue weighted by molar-refractivity contribution is 0.608. The second kappa shape index (κ2) is 5.30. The number of pyridine rings is 1. The van der Waals surface area contributed by atoms with E-state index in [0.717, 1.165) is 35.2 Å². The average molecular weight is 243 g/mol. The Kier molecular flexibility index (Phi) is 3.75. The zero-order valence-corrected chi connectivity index (χ0v) is 11.1. The van der Waals surface area contributed by atoms with Gasteiger partial charge in [-0.3, -0.25) is 4.98 Å². The number of rotatable bonds is 3. The van der Waals surface area contributed by atoms with Crippen molar-refractivity contribution < 1.29 is 4.39 Å². The van der Waals surface area contributed by atoms with Gasteiger partial charge in [0.1, 0.15) is 0 Å². The molecule has 0 aliphatic carbocycles. The van der Waals surface area contributed by atoms with Crippen LogP contribution in [0, 0.1) is 12.7 Å². The molecule has 0 saturated heterocycles. The van der Waals surface area contributed by atoms with Gasteiger partial charge in [-0.25, -0.2) is 4.39 Å². The average Bonchev–Trinajstić information content (AvgIpc) is 2.42. The summed E-state index contributed by atoms with van der Waals surface area (Å²) < 4.78 is 14.4. The molecule has 94 valence electrons. The van der Waals surface area contributed by atoms with Gasteiger partial charge >= 0.3 is 0 Å². The molecule has 2 aromatic rings. The Labute approximate surface area is 108 Å². The highest BCUT2D eigenvalue weighted by molar-refractivity contribution is 5.69. The van der Waals surface area contributed by atoms with Crippen LogP contribution in [0.5, 0.6) is 0 Å². The van der Waals surface area contributed by atoms with E-state index in [4.69, 9.17) is 0 Å². The van der Waals surface area contributed by atoms with Gasteiger partial charge in [-0.2, -0.15) is 0 Å². The maximum absolute atomic E-state index is 14.4. The van der Waals surface area contributed by atoms with E-state index in [0.29, 0.717) is 5.69 Å². The number of hydrogen-bond donors (Lipinski definition) is 0. The monoisotopic (exact) mass is 243 g/mol. The summed E-state index contributed by atoms with van der Waals surface area (Å²) in [5.41, 5.74) is 4.19. The van der Waals surface area contributed by atoms with E-state index >= 15 is 0 Å². The Hall–Kier alpha value is -1.70. The first-order valence-corrected chi connectivity index (χ1v) is 6.42. The molecular weight excluding hydrogens is 225 g/mol. The van der Waals surface area contributed by atoms with Gasteiger partial charge in [0.05, 0.1) is 5.69 Å². The molecule has 0 saturated carbocycles. The summed E-state index contributed by atoms with van der Waals surface area (Å²) in [6.07, 6.45) is 1.64. The molecule has 0 fully saturated rings. The summed E-state index contributed by atoms with van der Waals surface area (Å²) in [5.74, 6) is -0.185. The van der Waals surface area contributed by atoms with Gasteiger partial charge in [-0.05, 0) is 30.9 Å². The van der Waals surface area contributed by atoms with Crippen molar-refractivity contribution in [1.82, 2.24) is 4.98 Å². The van der Waals surface area contributed by atoms with Crippen molar-refractivity contribution in [2.45, 2.75) is 33.6 Å². The normalized spacial score (nSPS) is 10.7. The van der Waals surface area contributed by atoms with E-state index in [-0.39, 0.29) is 5.82 Å². The fourth-order valence-corrected chi connectivity index (χ4v) is 2.36. The lowest BCUT2D eigenvalue weighted by atomic mass is 9.95. The van der Waals surface area contributed by atoms with E-state index in [1.54, 1.807) is 6.92 Å². The van der Waals surface area contributed by atoms with E-state index in [2.05, 4.69) is 18.8 Å². The van der Waals surface area contributed by atoms with Crippen LogP contribution in [-0.2, 0) is 12.8 Å². The molecule has 0 radical (unpaired) electrons. The number of halogens is 1. The smallest absolute Gasteiger partial charge is 0.152 e. The molecule has 1 aromatic carbocycles. The molecular formula is C16H18FN. The Bertz CT molecular complexity index is 547. The van der Waals surface area contributed by atoms with E-state index in [1.807, 2.05) is 30.3 Å². The highest BCUT2D eigenvalue weighted by atomic mass is 19.1. The highest BCUT2D eigenvalue weighted by Crippen LogP contribution is 2.30. The molecule has 0 amide bonds. The largest absolute Gasteiger partial charge is 0.255 e. The Balaban J connectivity index is 2.75. The molecule has 18 heavy (non-hydrogen) atoms. The summed E-state index contributed by atoms with van der Waals surface area (Å²) in [7, 11) is 0. The standard InChI is InChI=1S/C16H18FN/c1-4-13-14(5-2)18-11(3)16(17)15(13)12-9-7-6-8-10-12/h6-10H,4-5H2,1-3H3. The van der Waals surface area contributed by atoms with Gasteiger partial charge < -0.3 is 0 Å². The van der Waals surface area contributed by atoms with E-state index in [1.165, 1.54) is 0 Å². The molecule has 0 spiro atoms. The third-order valence-corrected chi connectivity index (χ3v) is 3.24. The maximum Gasteiger partial charge on any atom is 0.152 e. The molecule has 0 aliphatic heterocycles. The lowest BCUT2D eigenvalue weighted by Gasteiger charge is -2.15. The van der Waals surface area contributed by atoms with Gasteiger partial charge in [0, 0.05) is 11.3 Å². The van der Waals surface area contributed by atoms with Crippen LogP contribution in [0.4, 0.5) is 4.39 Å². The van der Waals surface area contributed by atoms with Crippen molar-refractivity contribution in [3.05, 3.63) is 53.1 Å². The van der Waals surface area contributed by atoms with Crippen LogP contribution in [0.3, 0.4) is 0 Å². The Morgan fingerprint density at radius 1 is 1.06 bits per heavy atom. The highest BCUT2D eigenvalue weighted by Gasteiger charge is 2.17. The van der Waals surface area contributed by atoms with Crippen LogP contribution in [0.1, 0.15) is 30.8 Å². The van der Waals surface area contributed by atoms with Gasteiger partial charge in [0.2, 0.25) is 0 Å². The minimum atomic E-state index is -0.185. The van der Waals surface area contributed by atoms with Crippen LogP contribution < -0.4 is 0 Å². The zero-order chi connectivity index (χ0) is 13.1. The van der Waals surface area contributed by atoms with Crippen molar-refractivity contribution in [3.8, 4) is 11.1 Å². The zero-order valence-electron chi connectivity index (χ0n) is 11.1. The molecule has 0 atom stereocenters. The van der Waals surface area contributed by atoms with Crippen LogP contribution >= 0.6 is 0 Å². The molecule has 0 bridgehead atoms. The molecule has 0 N–H and O–H groups in total. The maximum atomic E-state index is 14.4. The van der Waals surface area contributed by atoms with Gasteiger partial charge in [0.25, 0.3) is 0 Å². The Morgan fingerprint density at radius 3 is 2.28 bits per heavy atom. The van der Waals surface area contributed by atoms with Crippen LogP contribution in [0.15, 0.2) is 30.3 Å². The van der Waals surface area contributed by atoms with Crippen molar-refractivity contribution >= 4 is 0 Å². The first-order chi connectivity index (χ1) is 8.69. The SMILES string of the molecule is CCc1nc(C)c(F)c(-c2ccccc2)c1CC. The minimum absolute atomic E-state index is 0.185. The molecule has 2 rings (SSSR count). The van der Waals surface area contributed by atoms with E-state index < -0.39 is 0 Å². The number of nitrogens with zero attached hydrogens (tertiary/aromatic N) is 1. The summed E-state index contributed by atoms with van der Waals surface area (Å²) in [4.78, 5) is 4.37. The Morgan fingerprint density at radius 2 is 1.72 bits per heavy atom. The van der Waals surface area contributed by atoms with Gasteiger partial charge in [0.15, 0.2) is 5.82 Å². The number of aryl methyl sites for hydroxylation is 2. The second-order valence-electron chi connectivity index (χ2n) is 4.38. The molecule has 1 aromatic heterocycles. The lowest BCUT2D eigenvalue weighted by Crippen LogP contribution is -2.05. The van der Waals surface area contributed by atoms with Crippen LogP contribution in [-0.4, -0.2) is 4.98 Å². The topological polar surface area (TPSA) is 12.9 Å². The summed E-state index contributed by atoms with van der Waals surface area (Å²) >= 11 is 0. The van der Waals surface area contributed by atoms with Gasteiger partial charge in [-0.15, -0.1) is 0 Å². The number of benzene rings is 1. The quantitative estimate of drug-likeness (QED) is 0.782. The predicted molar refractivity (Wildman–Crippen MR) is 73.1 cm³/mol. The summed E-state index contributed by atoms with van der Waals surface area (Å²) in [6.45, 7) is 5.85. The third kappa shape index (κ3) is 2.15. The fourth-order valence-electron chi connectivity index (χ4n) is 2.36. The van der Waals surface area contributed by atoms with Crippen molar-refractivity contribution in [2.24, 2.45) is 0 Å². The third-order valence-electron chi connectivity index (χ3n) is 3.24. The van der Waals surface area contributed by atoms with Crippen LogP contribution in [0.2, 0.25) is 0 Å². The van der Waals surface area contributed by atoms with E-state index in [9.17, 15) is 4.39 Å². The summed E-state index contributed by atoms with van der Waals surface area (Å²) in [6, 6.07) is 9.74. The first-order valence-electron chi connectivity index (χ1n) is 6.42. The summed E-state index contributed by atoms with van der Waals surface area (Å²) in [5, 5.41) is 0. The number of hydrogen-bond acceptors (Lipinski definition) is 1. The van der Waals surface area contributed by atoms with Crippen molar-refractivity contribution in [1.29, 1.82) is 0 Å². The van der Waals surface area contributed by atoms with Gasteiger partial charge in [-0.1, -0.05) is 44.2 Å². The molecule has 1 heterocycles. The molecule has 0 unspecified atom stereocenters. The fraction of sp³-hybridized carbons (Fsp3) is 0.312. The number of aromatic nitrogens is 1.